The third-order valence-corrected chi connectivity index (χ3v) is 2.91. The van der Waals surface area contributed by atoms with Gasteiger partial charge in [0, 0.05) is 22.8 Å². The predicted octanol–water partition coefficient (Wildman–Crippen LogP) is 2.07. The summed E-state index contributed by atoms with van der Waals surface area (Å²) in [5, 5.41) is 2.88. The van der Waals surface area contributed by atoms with Gasteiger partial charge in [0.2, 0.25) is 5.56 Å². The second-order valence-electron chi connectivity index (χ2n) is 4.08. The molecule has 0 aliphatic carbocycles. The Morgan fingerprint density at radius 2 is 2.00 bits per heavy atom. The molecule has 0 saturated carbocycles. The number of benzene rings is 1. The zero-order valence-electron chi connectivity index (χ0n) is 11.0. The molecule has 21 heavy (non-hydrogen) atoms. The summed E-state index contributed by atoms with van der Waals surface area (Å²) in [6, 6.07) is 7.01. The van der Waals surface area contributed by atoms with Crippen molar-refractivity contribution < 1.29 is 14.3 Å². The molecule has 2 aromatic rings. The predicted molar refractivity (Wildman–Crippen MR) is 77.8 cm³/mol. The third-order valence-electron chi connectivity index (χ3n) is 2.67. The number of aromatic amines is 1. The highest BCUT2D eigenvalue weighted by atomic mass is 35.5. The molecule has 2 N–H and O–H groups in total. The summed E-state index contributed by atoms with van der Waals surface area (Å²) in [7, 11) is 1.23. The van der Waals surface area contributed by atoms with Crippen LogP contribution in [0.5, 0.6) is 0 Å². The highest BCUT2D eigenvalue weighted by molar-refractivity contribution is 6.31. The molecule has 0 aliphatic heterocycles. The maximum atomic E-state index is 12.1. The van der Waals surface area contributed by atoms with E-state index in [1.807, 2.05) is 0 Å². The Labute approximate surface area is 124 Å². The van der Waals surface area contributed by atoms with Crippen LogP contribution in [0.3, 0.4) is 0 Å². The molecule has 1 heterocycles. The van der Waals surface area contributed by atoms with Crippen LogP contribution < -0.4 is 10.9 Å². The van der Waals surface area contributed by atoms with Crippen LogP contribution in [0.25, 0.3) is 0 Å². The summed E-state index contributed by atoms with van der Waals surface area (Å²) in [6.45, 7) is 0. The smallest absolute Gasteiger partial charge is 0.340 e. The van der Waals surface area contributed by atoms with Crippen molar-refractivity contribution in [1.82, 2.24) is 4.98 Å². The van der Waals surface area contributed by atoms with Gasteiger partial charge in [-0.3, -0.25) is 9.59 Å². The maximum absolute atomic E-state index is 12.1. The number of aromatic nitrogens is 1. The van der Waals surface area contributed by atoms with Crippen molar-refractivity contribution in [3.8, 4) is 0 Å². The first kappa shape index (κ1) is 14.8. The molecule has 0 atom stereocenters. The number of esters is 1. The van der Waals surface area contributed by atoms with Gasteiger partial charge in [-0.15, -0.1) is 0 Å². The van der Waals surface area contributed by atoms with Crippen LogP contribution in [0.1, 0.15) is 20.7 Å². The zero-order valence-corrected chi connectivity index (χ0v) is 11.7. The van der Waals surface area contributed by atoms with E-state index in [9.17, 15) is 14.4 Å². The third kappa shape index (κ3) is 3.49. The highest BCUT2D eigenvalue weighted by Crippen LogP contribution is 2.22. The minimum absolute atomic E-state index is 0.128. The normalized spacial score (nSPS) is 10.0. The van der Waals surface area contributed by atoms with E-state index in [1.165, 1.54) is 37.6 Å². The summed E-state index contributed by atoms with van der Waals surface area (Å²) in [5.41, 5.74) is 0.149. The molecule has 0 saturated heterocycles. The van der Waals surface area contributed by atoms with E-state index in [0.29, 0.717) is 5.02 Å². The van der Waals surface area contributed by atoms with Crippen molar-refractivity contribution in [2.45, 2.75) is 0 Å². The molecule has 108 valence electrons. The number of ether oxygens (including phenoxy) is 1. The van der Waals surface area contributed by atoms with Crippen LogP contribution in [0.2, 0.25) is 5.02 Å². The Hall–Kier alpha value is -2.60. The molecule has 1 aromatic carbocycles. The molecule has 0 fully saturated rings. The molecule has 2 rings (SSSR count). The average molecular weight is 307 g/mol. The van der Waals surface area contributed by atoms with Gasteiger partial charge in [-0.1, -0.05) is 11.6 Å². The van der Waals surface area contributed by atoms with E-state index >= 15 is 0 Å². The summed E-state index contributed by atoms with van der Waals surface area (Å²) in [6.07, 6.45) is 1.36. The van der Waals surface area contributed by atoms with Crippen molar-refractivity contribution in [3.05, 3.63) is 63.0 Å². The summed E-state index contributed by atoms with van der Waals surface area (Å²) in [4.78, 5) is 37.3. The van der Waals surface area contributed by atoms with E-state index < -0.39 is 17.4 Å². The van der Waals surface area contributed by atoms with E-state index in [2.05, 4.69) is 15.0 Å². The van der Waals surface area contributed by atoms with Gasteiger partial charge >= 0.3 is 5.97 Å². The lowest BCUT2D eigenvalue weighted by Crippen LogP contribution is -2.17. The highest BCUT2D eigenvalue weighted by Gasteiger charge is 2.15. The number of halogens is 1. The molecule has 0 unspecified atom stereocenters. The molecule has 6 nitrogen and oxygen atoms in total. The average Bonchev–Trinajstić information content (AvgIpc) is 2.48. The number of anilines is 1. The van der Waals surface area contributed by atoms with Crippen molar-refractivity contribution in [1.29, 1.82) is 0 Å². The van der Waals surface area contributed by atoms with Gasteiger partial charge in [0.1, 0.15) is 0 Å². The number of H-pyrrole nitrogens is 1. The lowest BCUT2D eigenvalue weighted by Gasteiger charge is -2.10. The topological polar surface area (TPSA) is 88.3 Å². The quantitative estimate of drug-likeness (QED) is 0.850. The number of carbonyl (C=O) groups excluding carboxylic acids is 2. The van der Waals surface area contributed by atoms with Crippen LogP contribution in [0.4, 0.5) is 5.69 Å². The van der Waals surface area contributed by atoms with Crippen molar-refractivity contribution in [2.24, 2.45) is 0 Å². The van der Waals surface area contributed by atoms with Crippen LogP contribution in [-0.4, -0.2) is 24.0 Å². The standard InChI is InChI=1S/C14H11ClN2O4/c1-21-14(20)10-7-9(15)2-3-11(10)17-13(19)8-4-5-16-12(18)6-8/h2-7H,1H3,(H,16,18)(H,17,19). The number of nitrogens with one attached hydrogen (secondary N) is 2. The van der Waals surface area contributed by atoms with Crippen LogP contribution in [0.15, 0.2) is 41.3 Å². The van der Waals surface area contributed by atoms with Gasteiger partial charge in [-0.05, 0) is 24.3 Å². The molecule has 0 bridgehead atoms. The number of methoxy groups -OCH3 is 1. The van der Waals surface area contributed by atoms with Crippen LogP contribution >= 0.6 is 11.6 Å². The van der Waals surface area contributed by atoms with Gasteiger partial charge in [0.05, 0.1) is 18.4 Å². The first-order valence-corrected chi connectivity index (χ1v) is 6.27. The largest absolute Gasteiger partial charge is 0.465 e. The fourth-order valence-corrected chi connectivity index (χ4v) is 1.86. The zero-order chi connectivity index (χ0) is 15.4. The van der Waals surface area contributed by atoms with Crippen LogP contribution in [0, 0.1) is 0 Å². The fraction of sp³-hybridized carbons (Fsp3) is 0.0714. The summed E-state index contributed by atoms with van der Waals surface area (Å²) >= 11 is 5.83. The molecular weight excluding hydrogens is 296 g/mol. The molecule has 0 aliphatic rings. The Bertz CT molecular complexity index is 755. The second kappa shape index (κ2) is 6.23. The number of amides is 1. The minimum Gasteiger partial charge on any atom is -0.465 e. The monoisotopic (exact) mass is 306 g/mol. The summed E-state index contributed by atoms with van der Waals surface area (Å²) in [5.74, 6) is -1.15. The first-order chi connectivity index (χ1) is 10.0. The maximum Gasteiger partial charge on any atom is 0.340 e. The lowest BCUT2D eigenvalue weighted by atomic mass is 10.1. The molecule has 7 heteroatoms. The van der Waals surface area contributed by atoms with E-state index in [0.717, 1.165) is 6.07 Å². The molecule has 1 amide bonds. The summed E-state index contributed by atoms with van der Waals surface area (Å²) < 4.78 is 4.63. The molecule has 0 radical (unpaired) electrons. The molecule has 1 aromatic heterocycles. The van der Waals surface area contributed by atoms with E-state index in [4.69, 9.17) is 11.6 Å². The Morgan fingerprint density at radius 1 is 1.24 bits per heavy atom. The van der Waals surface area contributed by atoms with Gasteiger partial charge in [-0.2, -0.15) is 0 Å². The lowest BCUT2D eigenvalue weighted by molar-refractivity contribution is 0.0602. The Morgan fingerprint density at radius 3 is 2.67 bits per heavy atom. The van der Waals surface area contributed by atoms with Crippen molar-refractivity contribution in [2.75, 3.05) is 12.4 Å². The second-order valence-corrected chi connectivity index (χ2v) is 4.51. The number of pyridine rings is 1. The molecular formula is C14H11ClN2O4. The Kier molecular flexibility index (Phi) is 4.39. The first-order valence-electron chi connectivity index (χ1n) is 5.89. The van der Waals surface area contributed by atoms with E-state index in [1.54, 1.807) is 0 Å². The van der Waals surface area contributed by atoms with Crippen molar-refractivity contribution in [3.63, 3.8) is 0 Å². The van der Waals surface area contributed by atoms with Gasteiger partial charge < -0.3 is 15.0 Å². The van der Waals surface area contributed by atoms with Gasteiger partial charge in [0.25, 0.3) is 5.91 Å². The number of hydrogen-bond donors (Lipinski definition) is 2. The van der Waals surface area contributed by atoms with Gasteiger partial charge in [-0.25, -0.2) is 4.79 Å². The number of rotatable bonds is 3. The minimum atomic E-state index is -0.626. The van der Waals surface area contributed by atoms with E-state index in [-0.39, 0.29) is 16.8 Å². The number of carbonyl (C=O) groups is 2. The fourth-order valence-electron chi connectivity index (χ4n) is 1.68. The Balaban J connectivity index is 2.33. The number of hydrogen-bond acceptors (Lipinski definition) is 4. The molecule has 0 spiro atoms. The SMILES string of the molecule is COC(=O)c1cc(Cl)ccc1NC(=O)c1cc[nH]c(=O)c1. The van der Waals surface area contributed by atoms with Crippen molar-refractivity contribution >= 4 is 29.2 Å². The van der Waals surface area contributed by atoms with Gasteiger partial charge in [0.15, 0.2) is 0 Å². The van der Waals surface area contributed by atoms with Crippen LogP contribution in [-0.2, 0) is 4.74 Å².